The molecule has 0 N–H and O–H groups in total. The Bertz CT molecular complexity index is 487. The molecule has 4 nitrogen and oxygen atoms in total. The molecule has 4 heteroatoms. The first-order valence-electron chi connectivity index (χ1n) is 6.62. The fourth-order valence-corrected chi connectivity index (χ4v) is 3.30. The van der Waals surface area contributed by atoms with E-state index in [0.717, 1.165) is 37.0 Å². The fourth-order valence-electron chi connectivity index (χ4n) is 3.30. The van der Waals surface area contributed by atoms with Crippen LogP contribution in [0.25, 0.3) is 0 Å². The third-order valence-corrected chi connectivity index (χ3v) is 4.33. The molecular formula is C15H18O4. The van der Waals surface area contributed by atoms with Gasteiger partial charge in [0.2, 0.25) is 5.60 Å². The zero-order valence-electron chi connectivity index (χ0n) is 11.3. The van der Waals surface area contributed by atoms with Gasteiger partial charge in [0, 0.05) is 0 Å². The van der Waals surface area contributed by atoms with Crippen LogP contribution in [0.4, 0.5) is 0 Å². The van der Waals surface area contributed by atoms with Crippen LogP contribution in [0, 0.1) is 0 Å². The van der Waals surface area contributed by atoms with Gasteiger partial charge in [-0.25, -0.2) is 4.79 Å². The summed E-state index contributed by atoms with van der Waals surface area (Å²) < 4.78 is 16.1. The summed E-state index contributed by atoms with van der Waals surface area (Å²) in [5.41, 5.74) is -0.374. The quantitative estimate of drug-likeness (QED) is 0.620. The molecule has 1 aromatic carbocycles. The highest BCUT2D eigenvalue weighted by Gasteiger charge is 2.76. The molecule has 0 bridgehead atoms. The molecule has 1 unspecified atom stereocenters. The van der Waals surface area contributed by atoms with Crippen molar-refractivity contribution in [3.05, 3.63) is 29.8 Å². The predicted octanol–water partition coefficient (Wildman–Crippen LogP) is 2.41. The molecule has 3 rings (SSSR count). The molecule has 1 aliphatic carbocycles. The number of ether oxygens (including phenoxy) is 3. The lowest BCUT2D eigenvalue weighted by molar-refractivity contribution is -0.147. The summed E-state index contributed by atoms with van der Waals surface area (Å²) in [6, 6.07) is 7.49. The van der Waals surface area contributed by atoms with Crippen molar-refractivity contribution in [3.63, 3.8) is 0 Å². The Kier molecular flexibility index (Phi) is 2.78. The molecular weight excluding hydrogens is 244 g/mol. The van der Waals surface area contributed by atoms with E-state index in [0.29, 0.717) is 0 Å². The number of carbonyl (C=O) groups is 1. The second-order valence-corrected chi connectivity index (χ2v) is 5.20. The van der Waals surface area contributed by atoms with Gasteiger partial charge in [0.25, 0.3) is 0 Å². The summed E-state index contributed by atoms with van der Waals surface area (Å²) >= 11 is 0. The van der Waals surface area contributed by atoms with Gasteiger partial charge in [-0.1, -0.05) is 25.0 Å². The molecule has 0 aromatic heterocycles. The van der Waals surface area contributed by atoms with E-state index in [1.54, 1.807) is 7.11 Å². The Morgan fingerprint density at radius 2 is 1.79 bits per heavy atom. The van der Waals surface area contributed by atoms with Crippen LogP contribution in [0.5, 0.6) is 5.75 Å². The minimum absolute atomic E-state index is 0.292. The SMILES string of the molecule is COC(=O)C1(c2ccc(OC)cc2)OC12CCCC2. The van der Waals surface area contributed by atoms with Gasteiger partial charge < -0.3 is 14.2 Å². The number of hydrogen-bond acceptors (Lipinski definition) is 4. The van der Waals surface area contributed by atoms with Crippen molar-refractivity contribution in [2.45, 2.75) is 36.9 Å². The van der Waals surface area contributed by atoms with E-state index in [1.807, 2.05) is 24.3 Å². The Morgan fingerprint density at radius 1 is 1.16 bits per heavy atom. The minimum atomic E-state index is -0.898. The molecule has 1 aliphatic heterocycles. The van der Waals surface area contributed by atoms with Crippen molar-refractivity contribution in [2.24, 2.45) is 0 Å². The van der Waals surface area contributed by atoms with Crippen molar-refractivity contribution >= 4 is 5.97 Å². The summed E-state index contributed by atoms with van der Waals surface area (Å²) in [5, 5.41) is 0. The molecule has 2 fully saturated rings. The van der Waals surface area contributed by atoms with E-state index in [4.69, 9.17) is 14.2 Å². The lowest BCUT2D eigenvalue weighted by Gasteiger charge is -2.15. The van der Waals surface area contributed by atoms with E-state index < -0.39 is 5.60 Å². The first-order chi connectivity index (χ1) is 9.18. The van der Waals surface area contributed by atoms with Gasteiger partial charge in [-0.2, -0.15) is 0 Å². The molecule has 1 saturated heterocycles. The van der Waals surface area contributed by atoms with Crippen molar-refractivity contribution in [1.29, 1.82) is 0 Å². The molecule has 0 radical (unpaired) electrons. The zero-order chi connectivity index (χ0) is 13.5. The van der Waals surface area contributed by atoms with Crippen molar-refractivity contribution in [3.8, 4) is 5.75 Å². The highest BCUT2D eigenvalue weighted by atomic mass is 16.7. The van der Waals surface area contributed by atoms with Crippen LogP contribution < -0.4 is 4.74 Å². The average Bonchev–Trinajstić information content (AvgIpc) is 2.86. The van der Waals surface area contributed by atoms with E-state index in [2.05, 4.69) is 0 Å². The Labute approximate surface area is 112 Å². The van der Waals surface area contributed by atoms with Gasteiger partial charge in [-0.3, -0.25) is 0 Å². The molecule has 1 aromatic rings. The lowest BCUT2D eigenvalue weighted by atomic mass is 9.85. The summed E-state index contributed by atoms with van der Waals surface area (Å²) in [6.07, 6.45) is 4.06. The first kappa shape index (κ1) is 12.5. The number of methoxy groups -OCH3 is 2. The number of carbonyl (C=O) groups excluding carboxylic acids is 1. The Balaban J connectivity index is 1.99. The normalized spacial score (nSPS) is 27.3. The van der Waals surface area contributed by atoms with Crippen LogP contribution in [0.3, 0.4) is 0 Å². The second-order valence-electron chi connectivity index (χ2n) is 5.20. The van der Waals surface area contributed by atoms with Crippen LogP contribution in [-0.4, -0.2) is 25.8 Å². The summed E-state index contributed by atoms with van der Waals surface area (Å²) in [7, 11) is 3.04. The molecule has 1 atom stereocenters. The van der Waals surface area contributed by atoms with Crippen molar-refractivity contribution in [1.82, 2.24) is 0 Å². The summed E-state index contributed by atoms with van der Waals surface area (Å²) in [5.74, 6) is 0.476. The molecule has 19 heavy (non-hydrogen) atoms. The van der Waals surface area contributed by atoms with E-state index >= 15 is 0 Å². The molecule has 102 valence electrons. The number of rotatable bonds is 3. The highest BCUT2D eigenvalue weighted by molar-refractivity contribution is 5.86. The average molecular weight is 262 g/mol. The summed E-state index contributed by atoms with van der Waals surface area (Å²) in [4.78, 5) is 12.2. The maximum absolute atomic E-state index is 12.2. The van der Waals surface area contributed by atoms with E-state index in [9.17, 15) is 4.79 Å². The fraction of sp³-hybridized carbons (Fsp3) is 0.533. The minimum Gasteiger partial charge on any atom is -0.497 e. The van der Waals surface area contributed by atoms with Gasteiger partial charge in [0.1, 0.15) is 11.4 Å². The van der Waals surface area contributed by atoms with Gasteiger partial charge in [-0.15, -0.1) is 0 Å². The van der Waals surface area contributed by atoms with E-state index in [1.165, 1.54) is 7.11 Å². The van der Waals surface area contributed by atoms with Crippen molar-refractivity contribution in [2.75, 3.05) is 14.2 Å². The van der Waals surface area contributed by atoms with Crippen LogP contribution in [-0.2, 0) is 19.9 Å². The van der Waals surface area contributed by atoms with E-state index in [-0.39, 0.29) is 11.6 Å². The number of epoxide rings is 1. The molecule has 1 heterocycles. The smallest absolute Gasteiger partial charge is 0.345 e. The Morgan fingerprint density at radius 3 is 2.32 bits per heavy atom. The van der Waals surface area contributed by atoms with Crippen LogP contribution in [0.1, 0.15) is 31.2 Å². The third-order valence-electron chi connectivity index (χ3n) is 4.33. The molecule has 1 saturated carbocycles. The van der Waals surface area contributed by atoms with Gasteiger partial charge in [-0.05, 0) is 30.5 Å². The topological polar surface area (TPSA) is 48.1 Å². The third kappa shape index (κ3) is 1.59. The van der Waals surface area contributed by atoms with Crippen LogP contribution in [0.15, 0.2) is 24.3 Å². The maximum atomic E-state index is 12.2. The highest BCUT2D eigenvalue weighted by Crippen LogP contribution is 2.64. The van der Waals surface area contributed by atoms with Gasteiger partial charge in [0.05, 0.1) is 14.2 Å². The number of benzene rings is 1. The van der Waals surface area contributed by atoms with Gasteiger partial charge in [0.15, 0.2) is 0 Å². The zero-order valence-corrected chi connectivity index (χ0v) is 11.3. The molecule has 0 amide bonds. The second kappa shape index (κ2) is 4.23. The number of esters is 1. The van der Waals surface area contributed by atoms with Gasteiger partial charge >= 0.3 is 5.97 Å². The standard InChI is InChI=1S/C15H18O4/c1-17-12-7-5-11(6-8-12)15(13(16)18-2)14(19-15)9-3-4-10-14/h5-8H,3-4,9-10H2,1-2H3. The van der Waals surface area contributed by atoms with Crippen LogP contribution in [0.2, 0.25) is 0 Å². The maximum Gasteiger partial charge on any atom is 0.345 e. The monoisotopic (exact) mass is 262 g/mol. The number of hydrogen-bond donors (Lipinski definition) is 0. The predicted molar refractivity (Wildman–Crippen MR) is 69.0 cm³/mol. The molecule has 1 spiro atoms. The van der Waals surface area contributed by atoms with Crippen LogP contribution >= 0.6 is 0 Å². The van der Waals surface area contributed by atoms with Crippen molar-refractivity contribution < 1.29 is 19.0 Å². The Hall–Kier alpha value is -1.55. The lowest BCUT2D eigenvalue weighted by Crippen LogP contribution is -2.31. The summed E-state index contributed by atoms with van der Waals surface area (Å²) in [6.45, 7) is 0. The largest absolute Gasteiger partial charge is 0.497 e. The first-order valence-corrected chi connectivity index (χ1v) is 6.62. The molecule has 2 aliphatic rings.